The maximum atomic E-state index is 13.1. The minimum absolute atomic E-state index is 0.0779. The first-order valence-corrected chi connectivity index (χ1v) is 24.7. The van der Waals surface area contributed by atoms with E-state index >= 15 is 0 Å². The Kier molecular flexibility index (Phi) is 29.1. The fraction of sp³-hybridized carbons (Fsp3) is 0.949. The van der Waals surface area contributed by atoms with Crippen molar-refractivity contribution < 1.29 is 28.1 Å². The summed E-state index contributed by atoms with van der Waals surface area (Å²) in [6.07, 6.45) is 0. The van der Waals surface area contributed by atoms with Gasteiger partial charge in [0.2, 0.25) is 0 Å². The summed E-state index contributed by atoms with van der Waals surface area (Å²) < 4.78 is 34.6. The molecule has 0 heterocycles. The van der Waals surface area contributed by atoms with Crippen LogP contribution >= 0.6 is 40.4 Å². The van der Waals surface area contributed by atoms with Gasteiger partial charge in [0.25, 0.3) is 0 Å². The molecule has 0 bridgehead atoms. The molecule has 3 atom stereocenters. The quantitative estimate of drug-likeness (QED) is 0.0393. The summed E-state index contributed by atoms with van der Waals surface area (Å²) in [4.78, 5) is 25.5. The lowest BCUT2D eigenvalue weighted by Gasteiger charge is -2.46. The van der Waals surface area contributed by atoms with E-state index in [0.29, 0.717) is 68.5 Å². The standard InChI is InChI=1S/C39H84N6O6P2S2/c1-28(2)42(29(3)4)52(43(30(5)6)31(7)8)50-26-48-19-21-54-37(46)35(15)23-41-24-36(16)45(34(13)14)53(44(32(9)10)33(11)12)51-27-49-20-22-55-38(47)39(17,18)25-40/h28-36,41H,19-27,40H2,1-18H3. The molecule has 16 heteroatoms. The summed E-state index contributed by atoms with van der Waals surface area (Å²) in [6.45, 7) is 41.7. The Balaban J connectivity index is 5.17. The van der Waals surface area contributed by atoms with E-state index < -0.39 is 22.3 Å². The fourth-order valence-corrected chi connectivity index (χ4v) is 12.3. The monoisotopic (exact) mass is 859 g/mol. The van der Waals surface area contributed by atoms with Crippen LogP contribution < -0.4 is 11.1 Å². The number of hydrogen-bond donors (Lipinski definition) is 2. The number of ether oxygens (including phenoxy) is 2. The molecule has 0 aromatic carbocycles. The highest BCUT2D eigenvalue weighted by Gasteiger charge is 2.37. The highest BCUT2D eigenvalue weighted by molar-refractivity contribution is 8.14. The van der Waals surface area contributed by atoms with Gasteiger partial charge in [-0.1, -0.05) is 44.3 Å². The van der Waals surface area contributed by atoms with Crippen molar-refractivity contribution in [1.29, 1.82) is 0 Å². The van der Waals surface area contributed by atoms with Crippen LogP contribution in [0.2, 0.25) is 0 Å². The molecule has 0 saturated carbocycles. The largest absolute Gasteiger partial charge is 0.354 e. The molecule has 0 saturated heterocycles. The van der Waals surface area contributed by atoms with Crippen molar-refractivity contribution in [2.75, 3.05) is 57.9 Å². The second-order valence-corrected chi connectivity index (χ2v) is 22.3. The van der Waals surface area contributed by atoms with Crippen LogP contribution in [0.5, 0.6) is 0 Å². The van der Waals surface area contributed by atoms with E-state index in [4.69, 9.17) is 24.3 Å². The third-order valence-corrected chi connectivity index (χ3v) is 16.9. The highest BCUT2D eigenvalue weighted by Crippen LogP contribution is 2.51. The van der Waals surface area contributed by atoms with Crippen molar-refractivity contribution in [3.63, 3.8) is 0 Å². The lowest BCUT2D eigenvalue weighted by atomic mass is 9.96. The van der Waals surface area contributed by atoms with Crippen LogP contribution in [0.1, 0.15) is 125 Å². The maximum absolute atomic E-state index is 13.1. The predicted molar refractivity (Wildman–Crippen MR) is 240 cm³/mol. The second kappa shape index (κ2) is 28.9. The lowest BCUT2D eigenvalue weighted by molar-refractivity contribution is -0.117. The molecule has 0 aliphatic rings. The van der Waals surface area contributed by atoms with Gasteiger partial charge in [-0.05, 0) is 104 Å². The zero-order valence-corrected chi connectivity index (χ0v) is 41.5. The van der Waals surface area contributed by atoms with Crippen LogP contribution in [0.4, 0.5) is 0 Å². The molecule has 0 aromatic heterocycles. The molecule has 0 rings (SSSR count). The Labute approximate surface area is 349 Å². The summed E-state index contributed by atoms with van der Waals surface area (Å²) in [5, 5.41) is 3.81. The van der Waals surface area contributed by atoms with E-state index in [-0.39, 0.29) is 53.9 Å². The molecule has 0 fully saturated rings. The van der Waals surface area contributed by atoms with E-state index in [1.54, 1.807) is 0 Å². The number of nitrogens with one attached hydrogen (secondary N) is 1. The van der Waals surface area contributed by atoms with Crippen molar-refractivity contribution in [1.82, 2.24) is 24.0 Å². The molecule has 3 N–H and O–H groups in total. The van der Waals surface area contributed by atoms with Crippen molar-refractivity contribution in [3.8, 4) is 0 Å². The zero-order valence-electron chi connectivity index (χ0n) is 38.1. The summed E-state index contributed by atoms with van der Waals surface area (Å²) >= 11 is 2.59. The molecule has 12 nitrogen and oxygen atoms in total. The lowest BCUT2D eigenvalue weighted by Crippen LogP contribution is -2.47. The van der Waals surface area contributed by atoms with Gasteiger partial charge < -0.3 is 29.6 Å². The van der Waals surface area contributed by atoms with Crippen molar-refractivity contribution in [3.05, 3.63) is 0 Å². The molecule has 0 aliphatic heterocycles. The van der Waals surface area contributed by atoms with E-state index in [1.165, 1.54) is 23.5 Å². The average molecular weight is 859 g/mol. The van der Waals surface area contributed by atoms with E-state index in [0.717, 1.165) is 0 Å². The van der Waals surface area contributed by atoms with E-state index in [9.17, 15) is 9.59 Å². The zero-order chi connectivity index (χ0) is 42.6. The van der Waals surface area contributed by atoms with E-state index in [1.807, 2.05) is 20.8 Å². The molecule has 328 valence electrons. The molecule has 55 heavy (non-hydrogen) atoms. The molecule has 0 spiro atoms. The average Bonchev–Trinajstić information content (AvgIpc) is 3.05. The molecular formula is C39H84N6O6P2S2. The van der Waals surface area contributed by atoms with Crippen LogP contribution in [-0.2, 0) is 28.1 Å². The van der Waals surface area contributed by atoms with Gasteiger partial charge in [-0.3, -0.25) is 9.59 Å². The molecule has 3 unspecified atom stereocenters. The third kappa shape index (κ3) is 20.5. The summed E-state index contributed by atoms with van der Waals surface area (Å²) in [7, 11) is -2.18. The smallest absolute Gasteiger partial charge is 0.195 e. The topological polar surface area (TPSA) is 122 Å². The van der Waals surface area contributed by atoms with Gasteiger partial charge >= 0.3 is 0 Å². The first kappa shape index (κ1) is 55.5. The number of rotatable bonds is 31. The first-order chi connectivity index (χ1) is 25.5. The van der Waals surface area contributed by atoms with Crippen LogP contribution in [0.25, 0.3) is 0 Å². The van der Waals surface area contributed by atoms with Gasteiger partial charge in [0.15, 0.2) is 40.7 Å². The second-order valence-electron chi connectivity index (χ2n) is 16.8. The number of nitrogens with zero attached hydrogens (tertiary/aromatic N) is 4. The Morgan fingerprint density at radius 1 is 0.600 bits per heavy atom. The first-order valence-electron chi connectivity index (χ1n) is 20.4. The number of hydrogen-bond acceptors (Lipinski definition) is 14. The predicted octanol–water partition coefficient (Wildman–Crippen LogP) is 8.61. The molecule has 0 amide bonds. The summed E-state index contributed by atoms with van der Waals surface area (Å²) in [6, 6.07) is 2.22. The van der Waals surface area contributed by atoms with Crippen LogP contribution in [-0.4, -0.2) is 135 Å². The van der Waals surface area contributed by atoms with Crippen molar-refractivity contribution in [2.24, 2.45) is 17.1 Å². The van der Waals surface area contributed by atoms with Gasteiger partial charge in [0, 0.05) is 90.8 Å². The molecule has 0 radical (unpaired) electrons. The number of carbonyl (C=O) groups excluding carboxylic acids is 2. The van der Waals surface area contributed by atoms with Gasteiger partial charge in [0.05, 0.1) is 13.2 Å². The van der Waals surface area contributed by atoms with Crippen LogP contribution in [0.15, 0.2) is 0 Å². The van der Waals surface area contributed by atoms with Gasteiger partial charge in [0.1, 0.15) is 0 Å². The third-order valence-electron chi connectivity index (χ3n) is 8.74. The fourth-order valence-electron chi connectivity index (χ4n) is 6.14. The van der Waals surface area contributed by atoms with Gasteiger partial charge in [-0.25, -0.2) is 18.7 Å². The van der Waals surface area contributed by atoms with Gasteiger partial charge in [-0.2, -0.15) is 0 Å². The summed E-state index contributed by atoms with van der Waals surface area (Å²) in [5.41, 5.74) is 5.21. The summed E-state index contributed by atoms with van der Waals surface area (Å²) in [5.74, 6) is 1.00. The number of carbonyl (C=O) groups is 2. The number of nitrogens with two attached hydrogens (primary N) is 1. The Morgan fingerprint density at radius 2 is 0.964 bits per heavy atom. The maximum Gasteiger partial charge on any atom is 0.195 e. The van der Waals surface area contributed by atoms with E-state index in [2.05, 4.69) is 128 Å². The molecule has 0 aromatic rings. The molecular weight excluding hydrogens is 775 g/mol. The van der Waals surface area contributed by atoms with Crippen LogP contribution in [0.3, 0.4) is 0 Å². The van der Waals surface area contributed by atoms with Crippen LogP contribution in [0, 0.1) is 11.3 Å². The van der Waals surface area contributed by atoms with Crippen molar-refractivity contribution >= 4 is 50.7 Å². The minimum Gasteiger partial charge on any atom is -0.354 e. The molecule has 0 aliphatic carbocycles. The number of thioether (sulfide) groups is 2. The Hall–Kier alpha value is 0.500. The Bertz CT molecular complexity index is 1000. The normalized spacial score (nSPS) is 15.0. The minimum atomic E-state index is -1.17. The highest BCUT2D eigenvalue weighted by atomic mass is 32.2. The SMILES string of the molecule is CC(CNCC(C)N(C(C)C)P(OCOCCSC(=O)C(C)(C)CN)N(C(C)C)C(C)C)C(=O)SCCOCOP(N(C(C)C)C(C)C)N(C(C)C)C(C)C. The van der Waals surface area contributed by atoms with Gasteiger partial charge in [-0.15, -0.1) is 0 Å². The Morgan fingerprint density at radius 3 is 1.33 bits per heavy atom. The van der Waals surface area contributed by atoms with Crippen molar-refractivity contribution in [2.45, 2.75) is 173 Å².